The second-order valence-electron chi connectivity index (χ2n) is 8.88. The van der Waals surface area contributed by atoms with E-state index >= 15 is 0 Å². The predicted octanol–water partition coefficient (Wildman–Crippen LogP) is 5.04. The molecule has 1 atom stereocenters. The molecule has 1 fully saturated rings. The number of nitrogens with zero attached hydrogens (tertiary/aromatic N) is 2. The molecule has 1 aliphatic heterocycles. The van der Waals surface area contributed by atoms with Crippen molar-refractivity contribution in [2.45, 2.75) is 23.8 Å². The second-order valence-corrected chi connectivity index (χ2v) is 10.7. The van der Waals surface area contributed by atoms with Crippen LogP contribution in [0.2, 0.25) is 5.02 Å². The number of hydrogen-bond donors (Lipinski definition) is 1. The molecule has 1 aliphatic rings. The van der Waals surface area contributed by atoms with E-state index in [0.717, 1.165) is 19.4 Å². The van der Waals surface area contributed by atoms with Gasteiger partial charge in [0.2, 0.25) is 11.2 Å². The standard InChI is InChI=1S/C23H25N2O.C6H5ClO3S/c1-24-20(15-11-19-5-2-3-7-23(19)24)12-8-18-9-13-21(14-10-18)25-16-4-6-22(25)17-26;7-5-1-3-6(4-2-5)11(8,9)10/h2-3,5,7-15,22,26H,4,6,16-17H2,1H3;1-4H,(H,8,9,10)/q+1;/p-1. The molecule has 2 heterocycles. The van der Waals surface area contributed by atoms with Crippen LogP contribution in [0.3, 0.4) is 0 Å². The Labute approximate surface area is 222 Å². The Morgan fingerprint density at radius 3 is 2.38 bits per heavy atom. The lowest BCUT2D eigenvalue weighted by molar-refractivity contribution is -0.646. The molecule has 1 saturated heterocycles. The first-order valence-corrected chi connectivity index (χ1v) is 13.8. The summed E-state index contributed by atoms with van der Waals surface area (Å²) in [6.07, 6.45) is 6.55. The van der Waals surface area contributed by atoms with Gasteiger partial charge in [-0.15, -0.1) is 0 Å². The number of pyridine rings is 1. The molecule has 4 aromatic rings. The van der Waals surface area contributed by atoms with Crippen molar-refractivity contribution < 1.29 is 22.6 Å². The first-order chi connectivity index (χ1) is 17.8. The Bertz CT molecular complexity index is 1490. The van der Waals surface area contributed by atoms with Crippen LogP contribution in [0.25, 0.3) is 23.1 Å². The maximum absolute atomic E-state index is 10.3. The molecule has 192 valence electrons. The summed E-state index contributed by atoms with van der Waals surface area (Å²) in [6.45, 7) is 1.27. The van der Waals surface area contributed by atoms with E-state index in [9.17, 15) is 18.1 Å². The monoisotopic (exact) mass is 536 g/mol. The minimum Gasteiger partial charge on any atom is -0.744 e. The maximum atomic E-state index is 10.3. The SMILES string of the molecule is C[n+]1c(C=Cc2ccc(N3CCCC3CO)cc2)ccc2ccccc21.O=S(=O)([O-])c1ccc(Cl)cc1. The number of rotatable bonds is 5. The van der Waals surface area contributed by atoms with E-state index in [-0.39, 0.29) is 17.5 Å². The average Bonchev–Trinajstić information content (AvgIpc) is 3.38. The van der Waals surface area contributed by atoms with E-state index < -0.39 is 10.1 Å². The highest BCUT2D eigenvalue weighted by atomic mass is 35.5. The van der Waals surface area contributed by atoms with Gasteiger partial charge in [0, 0.05) is 40.8 Å². The lowest BCUT2D eigenvalue weighted by Gasteiger charge is -2.25. The van der Waals surface area contributed by atoms with Crippen LogP contribution in [0.1, 0.15) is 24.1 Å². The van der Waals surface area contributed by atoms with E-state index in [4.69, 9.17) is 11.6 Å². The fraction of sp³-hybridized carbons (Fsp3) is 0.207. The number of aryl methyl sites for hydroxylation is 1. The fourth-order valence-electron chi connectivity index (χ4n) is 4.45. The molecule has 0 radical (unpaired) electrons. The van der Waals surface area contributed by atoms with Crippen molar-refractivity contribution in [3.05, 3.63) is 101 Å². The van der Waals surface area contributed by atoms with Gasteiger partial charge >= 0.3 is 0 Å². The third kappa shape index (κ3) is 6.76. The van der Waals surface area contributed by atoms with E-state index in [1.807, 2.05) is 0 Å². The lowest BCUT2D eigenvalue weighted by atomic mass is 10.1. The molecular formula is C29H29ClN2O4S. The van der Waals surface area contributed by atoms with Crippen molar-refractivity contribution in [3.8, 4) is 0 Å². The van der Waals surface area contributed by atoms with Gasteiger partial charge in [0.05, 0.1) is 17.5 Å². The Hall–Kier alpha value is -3.23. The molecule has 1 unspecified atom stereocenters. The third-order valence-corrected chi connectivity index (χ3v) is 7.58. The zero-order chi connectivity index (χ0) is 26.4. The number of halogens is 1. The molecule has 3 aromatic carbocycles. The zero-order valence-electron chi connectivity index (χ0n) is 20.5. The van der Waals surface area contributed by atoms with Crippen LogP contribution in [0, 0.1) is 0 Å². The average molecular weight is 537 g/mol. The normalized spacial score (nSPS) is 15.7. The van der Waals surface area contributed by atoms with Crippen molar-refractivity contribution in [1.29, 1.82) is 0 Å². The summed E-state index contributed by atoms with van der Waals surface area (Å²) >= 11 is 5.46. The first kappa shape index (κ1) is 26.8. The summed E-state index contributed by atoms with van der Waals surface area (Å²) in [5.74, 6) is 0. The number of fused-ring (bicyclic) bond motifs is 1. The second kappa shape index (κ2) is 11.9. The van der Waals surface area contributed by atoms with Gasteiger partial charge in [-0.05, 0) is 73.0 Å². The van der Waals surface area contributed by atoms with Crippen LogP contribution in [0.5, 0.6) is 0 Å². The smallest absolute Gasteiger partial charge is 0.212 e. The summed E-state index contributed by atoms with van der Waals surface area (Å²) in [7, 11) is -2.22. The number of anilines is 1. The minimum atomic E-state index is -4.33. The van der Waals surface area contributed by atoms with Crippen molar-refractivity contribution in [3.63, 3.8) is 0 Å². The van der Waals surface area contributed by atoms with Gasteiger partial charge in [-0.25, -0.2) is 8.42 Å². The van der Waals surface area contributed by atoms with Crippen LogP contribution in [-0.4, -0.2) is 37.3 Å². The van der Waals surface area contributed by atoms with Gasteiger partial charge in [-0.2, -0.15) is 4.57 Å². The van der Waals surface area contributed by atoms with Crippen LogP contribution >= 0.6 is 11.6 Å². The van der Waals surface area contributed by atoms with Gasteiger partial charge in [-0.1, -0.05) is 35.9 Å². The molecule has 6 nitrogen and oxygen atoms in total. The van der Waals surface area contributed by atoms with Gasteiger partial charge in [-0.3, -0.25) is 0 Å². The Morgan fingerprint density at radius 1 is 1.00 bits per heavy atom. The molecule has 8 heteroatoms. The minimum absolute atomic E-state index is 0.236. The molecule has 37 heavy (non-hydrogen) atoms. The van der Waals surface area contributed by atoms with Crippen molar-refractivity contribution >= 4 is 50.5 Å². The number of aliphatic hydroxyl groups excluding tert-OH is 1. The Balaban J connectivity index is 0.000000245. The van der Waals surface area contributed by atoms with Gasteiger partial charge in [0.25, 0.3) is 0 Å². The molecule has 0 saturated carbocycles. The maximum Gasteiger partial charge on any atom is 0.212 e. The van der Waals surface area contributed by atoms with E-state index in [1.165, 1.54) is 52.1 Å². The van der Waals surface area contributed by atoms with Crippen LogP contribution in [0.4, 0.5) is 5.69 Å². The third-order valence-electron chi connectivity index (χ3n) is 6.48. The van der Waals surface area contributed by atoms with Gasteiger partial charge in [0.15, 0.2) is 0 Å². The summed E-state index contributed by atoms with van der Waals surface area (Å²) in [4.78, 5) is 2.05. The highest BCUT2D eigenvalue weighted by Gasteiger charge is 2.23. The molecule has 5 rings (SSSR count). The van der Waals surface area contributed by atoms with Gasteiger partial charge in [0.1, 0.15) is 17.2 Å². The van der Waals surface area contributed by atoms with Crippen molar-refractivity contribution in [2.24, 2.45) is 7.05 Å². The summed E-state index contributed by atoms with van der Waals surface area (Å²) in [5, 5.41) is 11.2. The van der Waals surface area contributed by atoms with Crippen molar-refractivity contribution in [2.75, 3.05) is 18.1 Å². The number of hydrogen-bond acceptors (Lipinski definition) is 5. The molecule has 0 amide bonds. The molecule has 0 bridgehead atoms. The number of aromatic nitrogens is 1. The lowest BCUT2D eigenvalue weighted by Crippen LogP contribution is -2.32. The first-order valence-electron chi connectivity index (χ1n) is 12.0. The molecular weight excluding hydrogens is 508 g/mol. The summed E-state index contributed by atoms with van der Waals surface area (Å²) < 4.78 is 33.3. The topological polar surface area (TPSA) is 84.5 Å². The van der Waals surface area contributed by atoms with Crippen LogP contribution < -0.4 is 9.47 Å². The number of para-hydroxylation sites is 1. The highest BCUT2D eigenvalue weighted by Crippen LogP contribution is 2.26. The van der Waals surface area contributed by atoms with Gasteiger partial charge < -0.3 is 14.6 Å². The molecule has 1 N–H and O–H groups in total. The zero-order valence-corrected chi connectivity index (χ0v) is 22.1. The molecule has 0 spiro atoms. The van der Waals surface area contributed by atoms with E-state index in [0.29, 0.717) is 5.02 Å². The largest absolute Gasteiger partial charge is 0.744 e. The Kier molecular flexibility index (Phi) is 8.61. The molecule has 0 aliphatic carbocycles. The van der Waals surface area contributed by atoms with E-state index in [2.05, 4.69) is 89.3 Å². The predicted molar refractivity (Wildman–Crippen MR) is 147 cm³/mol. The number of benzene rings is 3. The van der Waals surface area contributed by atoms with Crippen molar-refractivity contribution in [1.82, 2.24) is 0 Å². The van der Waals surface area contributed by atoms with Crippen LogP contribution in [0.15, 0.2) is 89.8 Å². The molecule has 1 aromatic heterocycles. The van der Waals surface area contributed by atoms with E-state index in [1.54, 1.807) is 0 Å². The fourth-order valence-corrected chi connectivity index (χ4v) is 5.05. The summed E-state index contributed by atoms with van der Waals surface area (Å²) in [5.41, 5.74) is 4.79. The van der Waals surface area contributed by atoms with Crippen LogP contribution in [-0.2, 0) is 17.2 Å². The Morgan fingerprint density at radius 2 is 1.70 bits per heavy atom. The summed E-state index contributed by atoms with van der Waals surface area (Å²) in [6, 6.07) is 26.7. The number of aliphatic hydroxyl groups is 1. The quantitative estimate of drug-likeness (QED) is 0.285. The highest BCUT2D eigenvalue weighted by molar-refractivity contribution is 7.85.